The Labute approximate surface area is 179 Å². The summed E-state index contributed by atoms with van der Waals surface area (Å²) in [6.07, 6.45) is 2.59. The molecular weight excluding hydrogens is 372 g/mol. The molecular formula is C26H28N2O2. The lowest BCUT2D eigenvalue weighted by Crippen LogP contribution is -2.29. The van der Waals surface area contributed by atoms with Crippen LogP contribution in [0.2, 0.25) is 0 Å². The number of carbonyl (C=O) groups is 1. The van der Waals surface area contributed by atoms with Crippen molar-refractivity contribution in [1.82, 2.24) is 10.6 Å². The molecule has 4 heteroatoms. The van der Waals surface area contributed by atoms with E-state index >= 15 is 0 Å². The first-order chi connectivity index (χ1) is 14.8. The van der Waals surface area contributed by atoms with Crippen LogP contribution < -0.4 is 10.6 Å². The summed E-state index contributed by atoms with van der Waals surface area (Å²) in [6.45, 7) is 3.95. The number of aliphatic hydroxyl groups excluding tert-OH is 1. The Morgan fingerprint density at radius 2 is 1.30 bits per heavy atom. The standard InChI is InChI=1S/C15H13NO2.C11H15N/c17-11-14(18)16-15(12-7-3-1-4-8-12)13-9-5-2-6-10-13;1-2-4-10(5-3-1)11-6-8-12-9-7-11/h1-10,15,17H,(H,16,18);1-5,11-12H,6-9H2. The molecule has 1 amide bonds. The molecule has 0 aromatic heterocycles. The van der Waals surface area contributed by atoms with Gasteiger partial charge in [0.05, 0.1) is 6.04 Å². The van der Waals surface area contributed by atoms with Gasteiger partial charge in [-0.15, -0.1) is 0 Å². The highest BCUT2D eigenvalue weighted by Crippen LogP contribution is 2.24. The molecule has 0 unspecified atom stereocenters. The van der Waals surface area contributed by atoms with Crippen molar-refractivity contribution in [3.8, 4) is 0 Å². The van der Waals surface area contributed by atoms with Crippen molar-refractivity contribution in [2.45, 2.75) is 24.8 Å². The van der Waals surface area contributed by atoms with E-state index in [1.807, 2.05) is 60.7 Å². The molecule has 3 N–H and O–H groups in total. The van der Waals surface area contributed by atoms with E-state index in [0.29, 0.717) is 0 Å². The minimum Gasteiger partial charge on any atom is -0.374 e. The Bertz CT molecular complexity index is 824. The van der Waals surface area contributed by atoms with Crippen molar-refractivity contribution < 1.29 is 9.90 Å². The molecule has 1 saturated heterocycles. The monoisotopic (exact) mass is 400 g/mol. The fourth-order valence-corrected chi connectivity index (χ4v) is 3.69. The van der Waals surface area contributed by atoms with Gasteiger partial charge >= 0.3 is 0 Å². The SMILES string of the molecule is O=C([C]O)NC(c1ccccc1)c1ccccc1.c1ccc(C2CCNCC2)cc1. The van der Waals surface area contributed by atoms with Crippen molar-refractivity contribution in [3.05, 3.63) is 114 Å². The number of hydrogen-bond donors (Lipinski definition) is 3. The summed E-state index contributed by atoms with van der Waals surface area (Å²) in [4.78, 5) is 11.3. The molecule has 1 aliphatic heterocycles. The van der Waals surface area contributed by atoms with Crippen LogP contribution in [0.3, 0.4) is 0 Å². The maximum atomic E-state index is 11.3. The van der Waals surface area contributed by atoms with E-state index < -0.39 is 5.91 Å². The smallest absolute Gasteiger partial charge is 0.260 e. The summed E-state index contributed by atoms with van der Waals surface area (Å²) >= 11 is 0. The average molecular weight is 401 g/mol. The van der Waals surface area contributed by atoms with Gasteiger partial charge in [0.2, 0.25) is 6.61 Å². The molecule has 154 valence electrons. The third kappa shape index (κ3) is 6.55. The van der Waals surface area contributed by atoms with E-state index in [9.17, 15) is 4.79 Å². The Balaban J connectivity index is 0.000000184. The predicted octanol–water partition coefficient (Wildman–Crippen LogP) is 4.46. The molecule has 1 fully saturated rings. The summed E-state index contributed by atoms with van der Waals surface area (Å²) in [5.41, 5.74) is 3.42. The van der Waals surface area contributed by atoms with E-state index in [1.54, 1.807) is 6.61 Å². The van der Waals surface area contributed by atoms with Crippen molar-refractivity contribution in [3.63, 3.8) is 0 Å². The molecule has 30 heavy (non-hydrogen) atoms. The van der Waals surface area contributed by atoms with Gasteiger partial charge in [-0.25, -0.2) is 0 Å². The maximum absolute atomic E-state index is 11.3. The zero-order valence-corrected chi connectivity index (χ0v) is 17.0. The summed E-state index contributed by atoms with van der Waals surface area (Å²) in [5, 5.41) is 14.7. The lowest BCUT2D eigenvalue weighted by Gasteiger charge is -2.22. The summed E-state index contributed by atoms with van der Waals surface area (Å²) < 4.78 is 0. The molecule has 0 aliphatic carbocycles. The number of nitrogens with one attached hydrogen (secondary N) is 2. The number of piperidine rings is 1. The molecule has 1 heterocycles. The molecule has 4 nitrogen and oxygen atoms in total. The lowest BCUT2D eigenvalue weighted by molar-refractivity contribution is -0.121. The normalized spacial score (nSPS) is 13.9. The minimum absolute atomic E-state index is 0.292. The molecule has 0 saturated carbocycles. The van der Waals surface area contributed by atoms with Crippen LogP contribution >= 0.6 is 0 Å². The van der Waals surface area contributed by atoms with Gasteiger partial charge in [-0.3, -0.25) is 4.79 Å². The first-order valence-corrected chi connectivity index (χ1v) is 10.3. The average Bonchev–Trinajstić information content (AvgIpc) is 2.85. The van der Waals surface area contributed by atoms with E-state index in [2.05, 4.69) is 41.0 Å². The number of rotatable bonds is 5. The first-order valence-electron chi connectivity index (χ1n) is 10.3. The Hall–Kier alpha value is -2.95. The third-order valence-corrected chi connectivity index (χ3v) is 5.25. The zero-order chi connectivity index (χ0) is 21.0. The van der Waals surface area contributed by atoms with Crippen LogP contribution in [0.4, 0.5) is 0 Å². The summed E-state index contributed by atoms with van der Waals surface area (Å²) in [7, 11) is 0. The van der Waals surface area contributed by atoms with Crippen LogP contribution in [0.1, 0.15) is 41.5 Å². The fourth-order valence-electron chi connectivity index (χ4n) is 3.69. The quantitative estimate of drug-likeness (QED) is 0.593. The second kappa shape index (κ2) is 11.9. The van der Waals surface area contributed by atoms with Gasteiger partial charge in [0.15, 0.2) is 0 Å². The summed E-state index contributed by atoms with van der Waals surface area (Å²) in [6, 6.07) is 29.7. The van der Waals surface area contributed by atoms with Crippen molar-refractivity contribution in [2.24, 2.45) is 0 Å². The van der Waals surface area contributed by atoms with Crippen LogP contribution in [-0.2, 0) is 4.79 Å². The maximum Gasteiger partial charge on any atom is 0.260 e. The predicted molar refractivity (Wildman–Crippen MR) is 119 cm³/mol. The first kappa shape index (κ1) is 21.8. The third-order valence-electron chi connectivity index (χ3n) is 5.25. The van der Waals surface area contributed by atoms with Gasteiger partial charge in [0, 0.05) is 0 Å². The topological polar surface area (TPSA) is 61.4 Å². The Morgan fingerprint density at radius 3 is 1.77 bits per heavy atom. The van der Waals surface area contributed by atoms with Gasteiger partial charge < -0.3 is 15.7 Å². The molecule has 2 radical (unpaired) electrons. The van der Waals surface area contributed by atoms with Crippen LogP contribution in [-0.4, -0.2) is 24.1 Å². The number of carbonyl (C=O) groups excluding carboxylic acids is 1. The summed E-state index contributed by atoms with van der Waals surface area (Å²) in [5.74, 6) is 0.167. The molecule has 3 aromatic rings. The number of benzene rings is 3. The second-order valence-electron chi connectivity index (χ2n) is 7.27. The van der Waals surface area contributed by atoms with Crippen molar-refractivity contribution in [2.75, 3.05) is 13.1 Å². The van der Waals surface area contributed by atoms with Crippen molar-refractivity contribution >= 4 is 5.91 Å². The molecule has 1 aliphatic rings. The highest BCUT2D eigenvalue weighted by molar-refractivity contribution is 5.83. The highest BCUT2D eigenvalue weighted by Gasteiger charge is 2.16. The van der Waals surface area contributed by atoms with E-state index in [4.69, 9.17) is 5.11 Å². The van der Waals surface area contributed by atoms with E-state index in [0.717, 1.165) is 17.0 Å². The van der Waals surface area contributed by atoms with Crippen LogP contribution in [0.5, 0.6) is 0 Å². The second-order valence-corrected chi connectivity index (χ2v) is 7.27. The molecule has 3 aromatic carbocycles. The zero-order valence-electron chi connectivity index (χ0n) is 17.0. The molecule has 4 rings (SSSR count). The largest absolute Gasteiger partial charge is 0.374 e. The number of aliphatic hydroxyl groups is 1. The molecule has 0 atom stereocenters. The van der Waals surface area contributed by atoms with Crippen LogP contribution in [0.15, 0.2) is 91.0 Å². The van der Waals surface area contributed by atoms with Gasteiger partial charge in [0.1, 0.15) is 0 Å². The fraction of sp³-hybridized carbons (Fsp3) is 0.231. The number of amides is 1. The Morgan fingerprint density at radius 1 is 0.833 bits per heavy atom. The van der Waals surface area contributed by atoms with Crippen molar-refractivity contribution in [1.29, 1.82) is 0 Å². The minimum atomic E-state index is -0.632. The number of hydrogen-bond acceptors (Lipinski definition) is 3. The van der Waals surface area contributed by atoms with E-state index in [-0.39, 0.29) is 6.04 Å². The van der Waals surface area contributed by atoms with Gasteiger partial charge in [-0.1, -0.05) is 91.0 Å². The Kier molecular flexibility index (Phi) is 8.63. The van der Waals surface area contributed by atoms with Crippen LogP contribution in [0, 0.1) is 6.61 Å². The van der Waals surface area contributed by atoms with Gasteiger partial charge in [-0.05, 0) is 48.5 Å². The lowest BCUT2D eigenvalue weighted by atomic mass is 9.90. The van der Waals surface area contributed by atoms with Gasteiger partial charge in [-0.2, -0.15) is 0 Å². The van der Waals surface area contributed by atoms with Crippen LogP contribution in [0.25, 0.3) is 0 Å². The van der Waals surface area contributed by atoms with Gasteiger partial charge in [0.25, 0.3) is 5.91 Å². The molecule has 0 bridgehead atoms. The van der Waals surface area contributed by atoms with E-state index in [1.165, 1.54) is 31.5 Å². The highest BCUT2D eigenvalue weighted by atomic mass is 16.3. The molecule has 0 spiro atoms.